The summed E-state index contributed by atoms with van der Waals surface area (Å²) in [5, 5.41) is 0. The van der Waals surface area contributed by atoms with Gasteiger partial charge in [0, 0.05) is 19.0 Å². The zero-order valence-electron chi connectivity index (χ0n) is 13.2. The normalized spacial score (nSPS) is 18.8. The molecule has 1 saturated heterocycles. The highest BCUT2D eigenvalue weighted by Gasteiger charge is 2.28. The van der Waals surface area contributed by atoms with Crippen LogP contribution in [0.1, 0.15) is 31.7 Å². The number of nitrogens with zero attached hydrogens (tertiary/aromatic N) is 1. The van der Waals surface area contributed by atoms with E-state index >= 15 is 0 Å². The molecular formula is C17H27ClN2O2. The van der Waals surface area contributed by atoms with Crippen molar-refractivity contribution in [3.05, 3.63) is 35.9 Å². The Morgan fingerprint density at radius 2 is 2.14 bits per heavy atom. The molecule has 1 heterocycles. The lowest BCUT2D eigenvalue weighted by Gasteiger charge is -2.20. The van der Waals surface area contributed by atoms with E-state index in [1.54, 1.807) is 0 Å². The molecule has 0 saturated carbocycles. The number of halogens is 1. The third-order valence-corrected chi connectivity index (χ3v) is 3.98. The van der Waals surface area contributed by atoms with Crippen LogP contribution >= 0.6 is 12.4 Å². The topological polar surface area (TPSA) is 55.6 Å². The number of likely N-dealkylation sites (tertiary alicyclic amines) is 1. The predicted molar refractivity (Wildman–Crippen MR) is 90.9 cm³/mol. The van der Waals surface area contributed by atoms with Gasteiger partial charge in [-0.25, -0.2) is 0 Å². The minimum Gasteiger partial charge on any atom is -0.376 e. The number of rotatable bonds is 7. The van der Waals surface area contributed by atoms with Gasteiger partial charge in [-0.15, -0.1) is 12.4 Å². The monoisotopic (exact) mass is 326 g/mol. The van der Waals surface area contributed by atoms with Gasteiger partial charge >= 0.3 is 0 Å². The number of nitrogens with two attached hydrogens (primary N) is 1. The summed E-state index contributed by atoms with van der Waals surface area (Å²) in [4.78, 5) is 14.0. The molecular weight excluding hydrogens is 300 g/mol. The van der Waals surface area contributed by atoms with Gasteiger partial charge in [-0.05, 0) is 18.4 Å². The summed E-state index contributed by atoms with van der Waals surface area (Å²) < 4.78 is 5.77. The van der Waals surface area contributed by atoms with Crippen molar-refractivity contribution in [2.75, 3.05) is 19.7 Å². The molecule has 2 N–H and O–H groups in total. The Morgan fingerprint density at radius 3 is 2.82 bits per heavy atom. The highest BCUT2D eigenvalue weighted by Crippen LogP contribution is 2.18. The molecule has 2 unspecified atom stereocenters. The molecule has 5 heteroatoms. The molecule has 0 aliphatic carbocycles. The van der Waals surface area contributed by atoms with E-state index in [1.165, 1.54) is 5.56 Å². The van der Waals surface area contributed by atoms with Crippen LogP contribution in [-0.2, 0) is 16.1 Å². The zero-order chi connectivity index (χ0) is 15.1. The zero-order valence-corrected chi connectivity index (χ0v) is 14.1. The minimum atomic E-state index is -0.334. The second-order valence-corrected chi connectivity index (χ2v) is 5.83. The van der Waals surface area contributed by atoms with E-state index in [0.717, 1.165) is 32.4 Å². The fourth-order valence-corrected chi connectivity index (χ4v) is 2.76. The van der Waals surface area contributed by atoms with Crippen LogP contribution in [0.2, 0.25) is 0 Å². The molecule has 4 nitrogen and oxygen atoms in total. The van der Waals surface area contributed by atoms with Crippen LogP contribution in [0.3, 0.4) is 0 Å². The summed E-state index contributed by atoms with van der Waals surface area (Å²) in [5.41, 5.74) is 7.10. The Hall–Kier alpha value is -1.10. The smallest absolute Gasteiger partial charge is 0.239 e. The Bertz CT molecular complexity index is 442. The highest BCUT2D eigenvalue weighted by atomic mass is 35.5. The van der Waals surface area contributed by atoms with Crippen LogP contribution in [0.25, 0.3) is 0 Å². The molecule has 124 valence electrons. The van der Waals surface area contributed by atoms with Crippen LogP contribution < -0.4 is 5.73 Å². The Balaban J connectivity index is 0.00000242. The van der Waals surface area contributed by atoms with Crippen molar-refractivity contribution < 1.29 is 9.53 Å². The van der Waals surface area contributed by atoms with Crippen LogP contribution in [0, 0.1) is 5.92 Å². The molecule has 1 aliphatic heterocycles. The standard InChI is InChI=1S/C17H26N2O2.ClH/c1-2-6-16(18)17(20)19-10-9-15(11-19)13-21-12-14-7-4-3-5-8-14;/h3-5,7-8,15-16H,2,6,9-13,18H2,1H3;1H. The van der Waals surface area contributed by atoms with Gasteiger partial charge in [0.25, 0.3) is 0 Å². The minimum absolute atomic E-state index is 0. The molecule has 2 rings (SSSR count). The quantitative estimate of drug-likeness (QED) is 0.838. The van der Waals surface area contributed by atoms with E-state index in [4.69, 9.17) is 10.5 Å². The lowest BCUT2D eigenvalue weighted by atomic mass is 10.1. The summed E-state index contributed by atoms with van der Waals surface area (Å²) in [7, 11) is 0. The maximum atomic E-state index is 12.1. The van der Waals surface area contributed by atoms with Crippen molar-refractivity contribution >= 4 is 18.3 Å². The second-order valence-electron chi connectivity index (χ2n) is 5.83. The number of benzene rings is 1. The molecule has 1 aliphatic rings. The molecule has 1 fully saturated rings. The van der Waals surface area contributed by atoms with Crippen LogP contribution in [0.15, 0.2) is 30.3 Å². The first-order valence-electron chi connectivity index (χ1n) is 7.86. The van der Waals surface area contributed by atoms with E-state index in [0.29, 0.717) is 19.1 Å². The van der Waals surface area contributed by atoms with Crippen molar-refractivity contribution in [1.29, 1.82) is 0 Å². The first-order chi connectivity index (χ1) is 10.2. The average Bonchev–Trinajstić information content (AvgIpc) is 2.96. The van der Waals surface area contributed by atoms with E-state index in [9.17, 15) is 4.79 Å². The molecule has 1 amide bonds. The largest absolute Gasteiger partial charge is 0.376 e. The molecule has 0 aromatic heterocycles. The predicted octanol–water partition coefficient (Wildman–Crippen LogP) is 2.60. The van der Waals surface area contributed by atoms with E-state index in [2.05, 4.69) is 19.1 Å². The van der Waals surface area contributed by atoms with Crippen molar-refractivity contribution in [3.8, 4) is 0 Å². The van der Waals surface area contributed by atoms with E-state index in [1.807, 2.05) is 23.1 Å². The van der Waals surface area contributed by atoms with Crippen molar-refractivity contribution in [1.82, 2.24) is 4.90 Å². The SMILES string of the molecule is CCCC(N)C(=O)N1CCC(COCc2ccccc2)C1.Cl. The number of hydrogen-bond acceptors (Lipinski definition) is 3. The summed E-state index contributed by atoms with van der Waals surface area (Å²) in [5.74, 6) is 0.536. The van der Waals surface area contributed by atoms with Crippen molar-refractivity contribution in [2.45, 2.75) is 38.8 Å². The fraction of sp³-hybridized carbons (Fsp3) is 0.588. The van der Waals surface area contributed by atoms with Gasteiger partial charge in [0.05, 0.1) is 19.3 Å². The van der Waals surface area contributed by atoms with Gasteiger partial charge in [-0.3, -0.25) is 4.79 Å². The van der Waals surface area contributed by atoms with E-state index in [-0.39, 0.29) is 24.4 Å². The van der Waals surface area contributed by atoms with Gasteiger partial charge in [-0.1, -0.05) is 43.7 Å². The average molecular weight is 327 g/mol. The molecule has 0 spiro atoms. The number of ether oxygens (including phenoxy) is 1. The molecule has 0 radical (unpaired) electrons. The lowest BCUT2D eigenvalue weighted by Crippen LogP contribution is -2.42. The molecule has 1 aromatic carbocycles. The van der Waals surface area contributed by atoms with E-state index < -0.39 is 0 Å². The molecule has 22 heavy (non-hydrogen) atoms. The first-order valence-corrected chi connectivity index (χ1v) is 7.86. The van der Waals surface area contributed by atoms with Gasteiger partial charge in [0.1, 0.15) is 0 Å². The lowest BCUT2D eigenvalue weighted by molar-refractivity contribution is -0.131. The molecule has 2 atom stereocenters. The summed E-state index contributed by atoms with van der Waals surface area (Å²) >= 11 is 0. The number of carbonyl (C=O) groups excluding carboxylic acids is 1. The van der Waals surface area contributed by atoms with Gasteiger partial charge in [0.2, 0.25) is 5.91 Å². The summed E-state index contributed by atoms with van der Waals surface area (Å²) in [6.45, 7) is 5.00. The number of carbonyl (C=O) groups is 1. The van der Waals surface area contributed by atoms with Crippen molar-refractivity contribution in [3.63, 3.8) is 0 Å². The Morgan fingerprint density at radius 1 is 1.41 bits per heavy atom. The molecule has 0 bridgehead atoms. The number of hydrogen-bond donors (Lipinski definition) is 1. The fourth-order valence-electron chi connectivity index (χ4n) is 2.76. The maximum absolute atomic E-state index is 12.1. The maximum Gasteiger partial charge on any atom is 0.239 e. The second kappa shape index (κ2) is 9.82. The Labute approximate surface area is 139 Å². The first kappa shape index (κ1) is 18.9. The summed E-state index contributed by atoms with van der Waals surface area (Å²) in [6, 6.07) is 9.83. The van der Waals surface area contributed by atoms with Crippen LogP contribution in [0.4, 0.5) is 0 Å². The van der Waals surface area contributed by atoms with Gasteiger partial charge < -0.3 is 15.4 Å². The summed E-state index contributed by atoms with van der Waals surface area (Å²) in [6.07, 6.45) is 2.73. The van der Waals surface area contributed by atoms with Crippen molar-refractivity contribution in [2.24, 2.45) is 11.7 Å². The molecule has 1 aromatic rings. The van der Waals surface area contributed by atoms with Gasteiger partial charge in [-0.2, -0.15) is 0 Å². The number of amides is 1. The van der Waals surface area contributed by atoms with Gasteiger partial charge in [0.15, 0.2) is 0 Å². The third kappa shape index (κ3) is 5.59. The highest BCUT2D eigenvalue weighted by molar-refractivity contribution is 5.85. The Kier molecular flexibility index (Phi) is 8.46. The third-order valence-electron chi connectivity index (χ3n) is 3.98. The van der Waals surface area contributed by atoms with Crippen LogP contribution in [0.5, 0.6) is 0 Å². The van der Waals surface area contributed by atoms with Crippen LogP contribution in [-0.4, -0.2) is 36.5 Å².